The van der Waals surface area contributed by atoms with Crippen LogP contribution in [0.1, 0.15) is 5.69 Å². The lowest BCUT2D eigenvalue weighted by Crippen LogP contribution is -1.96. The van der Waals surface area contributed by atoms with E-state index in [9.17, 15) is 8.42 Å². The lowest BCUT2D eigenvalue weighted by molar-refractivity contribution is 0.276. The lowest BCUT2D eigenvalue weighted by Gasteiger charge is -2.01. The fraction of sp³-hybridized carbons (Fsp3) is 0.182. The van der Waals surface area contributed by atoms with E-state index in [0.717, 1.165) is 6.26 Å². The van der Waals surface area contributed by atoms with Crippen LogP contribution in [0.15, 0.2) is 39.8 Å². The molecule has 0 spiro atoms. The molecule has 1 aromatic heterocycles. The van der Waals surface area contributed by atoms with Crippen LogP contribution in [0.2, 0.25) is 0 Å². The predicted molar refractivity (Wildman–Crippen MR) is 62.1 cm³/mol. The minimum absolute atomic E-state index is 0.00819. The Labute approximate surface area is 104 Å². The summed E-state index contributed by atoms with van der Waals surface area (Å²) in [5.74, 6) is 0.397. The van der Waals surface area contributed by atoms with Crippen molar-refractivity contribution in [3.63, 3.8) is 0 Å². The van der Waals surface area contributed by atoms with Crippen molar-refractivity contribution in [1.29, 1.82) is 0 Å². The zero-order valence-corrected chi connectivity index (χ0v) is 10.3. The first-order valence-corrected chi connectivity index (χ1v) is 6.91. The van der Waals surface area contributed by atoms with Crippen molar-refractivity contribution >= 4 is 9.84 Å². The van der Waals surface area contributed by atoms with E-state index >= 15 is 0 Å². The average molecular weight is 269 g/mol. The monoisotopic (exact) mass is 269 g/mol. The van der Waals surface area contributed by atoms with E-state index in [1.807, 2.05) is 0 Å². The Hall–Kier alpha value is -1.86. The molecule has 1 N–H and O–H groups in total. The normalized spacial score (nSPS) is 11.4. The van der Waals surface area contributed by atoms with Crippen molar-refractivity contribution in [3.8, 4) is 11.8 Å². The molecule has 1 heterocycles. The summed E-state index contributed by atoms with van der Waals surface area (Å²) in [6.07, 6.45) is 2.40. The van der Waals surface area contributed by atoms with Gasteiger partial charge >= 0.3 is 6.08 Å². The molecule has 0 fully saturated rings. The maximum absolute atomic E-state index is 11.2. The number of benzene rings is 1. The van der Waals surface area contributed by atoms with Crippen LogP contribution in [0.5, 0.6) is 11.8 Å². The third-order valence-electron chi connectivity index (χ3n) is 2.15. The van der Waals surface area contributed by atoms with Crippen LogP contribution in [0.25, 0.3) is 0 Å². The predicted octanol–water partition coefficient (Wildman–Crippen LogP) is 1.36. The van der Waals surface area contributed by atoms with Gasteiger partial charge in [-0.05, 0) is 24.3 Å². The summed E-state index contributed by atoms with van der Waals surface area (Å²) >= 11 is 0. The van der Waals surface area contributed by atoms with E-state index < -0.39 is 9.84 Å². The summed E-state index contributed by atoms with van der Waals surface area (Å²) in [5.41, 5.74) is 0.359. The van der Waals surface area contributed by atoms with E-state index in [4.69, 9.17) is 14.3 Å². The van der Waals surface area contributed by atoms with Gasteiger partial charge in [-0.15, -0.1) is 0 Å². The zero-order valence-electron chi connectivity index (χ0n) is 9.53. The summed E-state index contributed by atoms with van der Waals surface area (Å²) in [6, 6.07) is 5.86. The number of aliphatic hydroxyl groups excluding tert-OH is 1. The van der Waals surface area contributed by atoms with Crippen LogP contribution in [0.4, 0.5) is 0 Å². The number of hydrogen-bond donors (Lipinski definition) is 1. The number of nitrogens with zero attached hydrogens (tertiary/aromatic N) is 1. The van der Waals surface area contributed by atoms with Crippen LogP contribution in [0.3, 0.4) is 0 Å². The van der Waals surface area contributed by atoms with Crippen molar-refractivity contribution in [3.05, 3.63) is 36.2 Å². The Morgan fingerprint density at radius 2 is 2.00 bits per heavy atom. The summed E-state index contributed by atoms with van der Waals surface area (Å²) in [4.78, 5) is 4.04. The Morgan fingerprint density at radius 3 is 2.50 bits per heavy atom. The molecule has 0 saturated carbocycles. The van der Waals surface area contributed by atoms with Crippen LogP contribution in [-0.4, -0.2) is 24.8 Å². The highest BCUT2D eigenvalue weighted by molar-refractivity contribution is 7.90. The molecule has 0 unspecified atom stereocenters. The van der Waals surface area contributed by atoms with E-state index in [1.54, 1.807) is 0 Å². The largest absolute Gasteiger partial charge is 0.417 e. The Balaban J connectivity index is 2.15. The first-order valence-electron chi connectivity index (χ1n) is 5.02. The molecule has 0 atom stereocenters. The van der Waals surface area contributed by atoms with E-state index in [2.05, 4.69) is 4.98 Å². The molecule has 18 heavy (non-hydrogen) atoms. The highest BCUT2D eigenvalue weighted by Crippen LogP contribution is 2.22. The molecule has 0 amide bonds. The van der Waals surface area contributed by atoms with Gasteiger partial charge in [0.05, 0.1) is 11.5 Å². The highest BCUT2D eigenvalue weighted by Gasteiger charge is 2.09. The third-order valence-corrected chi connectivity index (χ3v) is 3.28. The maximum atomic E-state index is 11.2. The summed E-state index contributed by atoms with van der Waals surface area (Å²) in [6.45, 7) is -0.236. The second-order valence-electron chi connectivity index (χ2n) is 3.61. The molecule has 2 rings (SSSR count). The molecule has 0 aliphatic heterocycles. The quantitative estimate of drug-likeness (QED) is 0.901. The number of aromatic nitrogens is 1. The van der Waals surface area contributed by atoms with E-state index in [1.165, 1.54) is 30.5 Å². The van der Waals surface area contributed by atoms with Gasteiger partial charge in [-0.2, -0.15) is 4.98 Å². The van der Waals surface area contributed by atoms with Crippen LogP contribution in [-0.2, 0) is 16.4 Å². The van der Waals surface area contributed by atoms with Gasteiger partial charge in [0, 0.05) is 6.26 Å². The number of hydrogen-bond acceptors (Lipinski definition) is 6. The smallest absolute Gasteiger partial charge is 0.399 e. The molecule has 6 nitrogen and oxygen atoms in total. The van der Waals surface area contributed by atoms with Crippen molar-refractivity contribution < 1.29 is 22.7 Å². The summed E-state index contributed by atoms with van der Waals surface area (Å²) in [5, 5.41) is 8.80. The Kier molecular flexibility index (Phi) is 3.35. The van der Waals surface area contributed by atoms with E-state index in [0.29, 0.717) is 11.4 Å². The van der Waals surface area contributed by atoms with Crippen molar-refractivity contribution in [2.24, 2.45) is 0 Å². The standard InChI is InChI=1S/C11H11NO5S/c1-18(14,15)10-4-2-9(3-5-10)17-11-12-8(6-13)7-16-11/h2-5,7,13H,6H2,1H3. The molecule has 0 aliphatic carbocycles. The number of ether oxygens (including phenoxy) is 1. The van der Waals surface area contributed by atoms with Gasteiger partial charge in [0.2, 0.25) is 0 Å². The summed E-state index contributed by atoms with van der Waals surface area (Å²) in [7, 11) is -3.22. The molecular formula is C11H11NO5S. The Morgan fingerprint density at radius 1 is 1.33 bits per heavy atom. The molecule has 1 aromatic carbocycles. The second kappa shape index (κ2) is 4.79. The van der Waals surface area contributed by atoms with Gasteiger partial charge < -0.3 is 14.3 Å². The maximum Gasteiger partial charge on any atom is 0.399 e. The lowest BCUT2D eigenvalue weighted by atomic mass is 10.3. The van der Waals surface area contributed by atoms with Crippen molar-refractivity contribution in [2.75, 3.05) is 6.26 Å². The second-order valence-corrected chi connectivity index (χ2v) is 5.62. The third kappa shape index (κ3) is 2.88. The van der Waals surface area contributed by atoms with Crippen LogP contribution >= 0.6 is 0 Å². The molecular weight excluding hydrogens is 258 g/mol. The number of aliphatic hydroxyl groups is 1. The highest BCUT2D eigenvalue weighted by atomic mass is 32.2. The molecule has 2 aromatic rings. The fourth-order valence-electron chi connectivity index (χ4n) is 1.26. The number of sulfone groups is 1. The van der Waals surface area contributed by atoms with Gasteiger partial charge in [-0.1, -0.05) is 0 Å². The molecule has 0 saturated heterocycles. The topological polar surface area (TPSA) is 89.6 Å². The first-order chi connectivity index (χ1) is 8.49. The molecule has 7 heteroatoms. The minimum Gasteiger partial charge on any atom is -0.417 e. The zero-order chi connectivity index (χ0) is 13.2. The fourth-order valence-corrected chi connectivity index (χ4v) is 1.89. The van der Waals surface area contributed by atoms with Crippen molar-refractivity contribution in [2.45, 2.75) is 11.5 Å². The first kappa shape index (κ1) is 12.6. The van der Waals surface area contributed by atoms with Crippen molar-refractivity contribution in [1.82, 2.24) is 4.98 Å². The van der Waals surface area contributed by atoms with E-state index in [-0.39, 0.29) is 17.6 Å². The SMILES string of the molecule is CS(=O)(=O)c1ccc(Oc2nc(CO)co2)cc1. The van der Waals surface area contributed by atoms with Gasteiger partial charge in [-0.25, -0.2) is 8.42 Å². The van der Waals surface area contributed by atoms with Gasteiger partial charge in [-0.3, -0.25) is 0 Å². The average Bonchev–Trinajstić information content (AvgIpc) is 2.76. The number of oxazole rings is 1. The van der Waals surface area contributed by atoms with Crippen LogP contribution < -0.4 is 4.74 Å². The number of rotatable bonds is 4. The molecule has 96 valence electrons. The summed E-state index contributed by atoms with van der Waals surface area (Å²) < 4.78 is 32.7. The van der Waals surface area contributed by atoms with Gasteiger partial charge in [0.15, 0.2) is 9.84 Å². The molecule has 0 radical (unpaired) electrons. The molecule has 0 aliphatic rings. The Bertz CT molecular complexity index is 630. The molecule has 0 bridgehead atoms. The van der Waals surface area contributed by atoms with Gasteiger partial charge in [0.1, 0.15) is 17.7 Å². The van der Waals surface area contributed by atoms with Crippen LogP contribution in [0, 0.1) is 0 Å². The minimum atomic E-state index is -3.22. The van der Waals surface area contributed by atoms with Gasteiger partial charge in [0.25, 0.3) is 0 Å².